The first kappa shape index (κ1) is 23.6. The maximum absolute atomic E-state index is 13.7. The second kappa shape index (κ2) is 10.6. The third-order valence-corrected chi connectivity index (χ3v) is 7.39. The molecule has 1 N–H and O–H groups in total. The fourth-order valence-corrected chi connectivity index (χ4v) is 5.86. The molecule has 5 nitrogen and oxygen atoms in total. The van der Waals surface area contributed by atoms with E-state index in [4.69, 9.17) is 9.47 Å². The molecule has 1 saturated heterocycles. The molecule has 2 aromatic carbocycles. The molecule has 2 fully saturated rings. The minimum absolute atomic E-state index is 0.0610. The van der Waals surface area contributed by atoms with Crippen molar-refractivity contribution in [3.63, 3.8) is 0 Å². The molecule has 33 heavy (non-hydrogen) atoms. The lowest BCUT2D eigenvalue weighted by Crippen LogP contribution is -2.48. The van der Waals surface area contributed by atoms with Gasteiger partial charge in [-0.2, -0.15) is 0 Å². The highest BCUT2D eigenvalue weighted by Gasteiger charge is 2.42. The van der Waals surface area contributed by atoms with Crippen LogP contribution in [-0.4, -0.2) is 35.6 Å². The lowest BCUT2D eigenvalue weighted by Gasteiger charge is -2.39. The Bertz CT molecular complexity index is 992. The maximum Gasteiger partial charge on any atom is 0.262 e. The number of ether oxygens (including phenoxy) is 2. The van der Waals surface area contributed by atoms with Gasteiger partial charge >= 0.3 is 0 Å². The molecule has 0 radical (unpaired) electrons. The summed E-state index contributed by atoms with van der Waals surface area (Å²) < 4.78 is 11.4. The first-order valence-electron chi connectivity index (χ1n) is 11.8. The summed E-state index contributed by atoms with van der Waals surface area (Å²) in [7, 11) is 1.64. The van der Waals surface area contributed by atoms with Gasteiger partial charge in [-0.05, 0) is 68.5 Å². The number of nitrogens with one attached hydrogen (secondary N) is 1. The van der Waals surface area contributed by atoms with Crippen LogP contribution < -0.4 is 14.8 Å². The van der Waals surface area contributed by atoms with E-state index in [2.05, 4.69) is 17.1 Å². The van der Waals surface area contributed by atoms with E-state index in [1.54, 1.807) is 18.9 Å². The number of thioether (sulfide) groups is 1. The summed E-state index contributed by atoms with van der Waals surface area (Å²) in [6, 6.07) is 16.2. The number of nitrogens with zero attached hydrogens (tertiary/aromatic N) is 1. The zero-order valence-corrected chi connectivity index (χ0v) is 20.7. The number of rotatable bonds is 7. The normalized spacial score (nSPS) is 24.4. The quantitative estimate of drug-likeness (QED) is 0.480. The van der Waals surface area contributed by atoms with Crippen LogP contribution in [0.5, 0.6) is 11.5 Å². The Labute approximate surface area is 201 Å². The summed E-state index contributed by atoms with van der Waals surface area (Å²) in [5.74, 6) is 1.98. The molecule has 2 aliphatic rings. The summed E-state index contributed by atoms with van der Waals surface area (Å²) in [6.07, 6.45) is 6.69. The van der Waals surface area contributed by atoms with Crippen molar-refractivity contribution in [1.82, 2.24) is 4.90 Å². The lowest BCUT2D eigenvalue weighted by atomic mass is 9.85. The van der Waals surface area contributed by atoms with Crippen LogP contribution >= 0.6 is 11.8 Å². The van der Waals surface area contributed by atoms with Gasteiger partial charge in [0, 0.05) is 11.7 Å². The van der Waals surface area contributed by atoms with E-state index in [1.807, 2.05) is 68.5 Å². The fraction of sp³-hybridized carbons (Fsp3) is 0.444. The van der Waals surface area contributed by atoms with E-state index in [1.165, 1.54) is 19.3 Å². The molecule has 176 valence electrons. The van der Waals surface area contributed by atoms with E-state index >= 15 is 0 Å². The number of amides is 1. The number of para-hydroxylation sites is 1. The van der Waals surface area contributed by atoms with Crippen molar-refractivity contribution in [1.29, 1.82) is 0 Å². The zero-order chi connectivity index (χ0) is 23.4. The van der Waals surface area contributed by atoms with Gasteiger partial charge < -0.3 is 19.7 Å². The molecule has 1 amide bonds. The van der Waals surface area contributed by atoms with Gasteiger partial charge in [0.1, 0.15) is 0 Å². The van der Waals surface area contributed by atoms with E-state index in [-0.39, 0.29) is 23.6 Å². The van der Waals surface area contributed by atoms with Gasteiger partial charge in [-0.15, -0.1) is 0 Å². The van der Waals surface area contributed by atoms with Crippen molar-refractivity contribution in [3.8, 4) is 11.5 Å². The highest BCUT2D eigenvalue weighted by Crippen LogP contribution is 2.42. The molecular weight excluding hydrogens is 432 g/mol. The molecule has 1 aliphatic heterocycles. The molecule has 4 rings (SSSR count). The van der Waals surface area contributed by atoms with Crippen LogP contribution in [0.4, 0.5) is 5.69 Å². The second-order valence-corrected chi connectivity index (χ2v) is 10.2. The molecule has 6 heteroatoms. The van der Waals surface area contributed by atoms with Crippen LogP contribution in [-0.2, 0) is 4.79 Å². The van der Waals surface area contributed by atoms with Gasteiger partial charge in [0.2, 0.25) is 0 Å². The number of anilines is 1. The van der Waals surface area contributed by atoms with E-state index in [9.17, 15) is 4.79 Å². The highest BCUT2D eigenvalue weighted by atomic mass is 32.2. The van der Waals surface area contributed by atoms with E-state index < -0.39 is 0 Å². The van der Waals surface area contributed by atoms with Crippen LogP contribution in [0.1, 0.15) is 52.0 Å². The zero-order valence-electron chi connectivity index (χ0n) is 19.9. The molecule has 3 atom stereocenters. The summed E-state index contributed by atoms with van der Waals surface area (Å²) >= 11 is 1.59. The van der Waals surface area contributed by atoms with Crippen molar-refractivity contribution >= 4 is 29.4 Å². The Morgan fingerprint density at radius 2 is 1.85 bits per heavy atom. The second-order valence-electron chi connectivity index (χ2n) is 9.11. The first-order valence-corrected chi connectivity index (χ1v) is 12.7. The summed E-state index contributed by atoms with van der Waals surface area (Å²) in [4.78, 5) is 16.5. The van der Waals surface area contributed by atoms with Crippen molar-refractivity contribution in [2.45, 2.75) is 64.1 Å². The predicted molar refractivity (Wildman–Crippen MR) is 136 cm³/mol. The Kier molecular flexibility index (Phi) is 7.53. The van der Waals surface area contributed by atoms with Crippen molar-refractivity contribution in [2.75, 3.05) is 12.4 Å². The standard InChI is InChI=1S/C27H34N2O3S/c1-18(2)32-23-15-14-20(16-24(23)31-4)17-25-26(30)29(22-13-9-8-10-19(22)3)27(33-25)28-21-11-6-5-7-12-21/h5-7,11-12,14-19,22,27-28H,8-10,13H2,1-4H3/b25-17-/t19-,22-,27?/m1/s1. The third kappa shape index (κ3) is 5.49. The number of benzene rings is 2. The Morgan fingerprint density at radius 1 is 1.09 bits per heavy atom. The number of carbonyl (C=O) groups excluding carboxylic acids is 1. The van der Waals surface area contributed by atoms with Gasteiger partial charge in [-0.3, -0.25) is 4.79 Å². The minimum atomic E-state index is -0.123. The van der Waals surface area contributed by atoms with E-state index in [0.717, 1.165) is 22.6 Å². The van der Waals surface area contributed by atoms with E-state index in [0.29, 0.717) is 17.4 Å². The minimum Gasteiger partial charge on any atom is -0.493 e. The number of methoxy groups -OCH3 is 1. The van der Waals surface area contributed by atoms with Crippen molar-refractivity contribution in [3.05, 3.63) is 59.0 Å². The highest BCUT2D eigenvalue weighted by molar-refractivity contribution is 8.05. The SMILES string of the molecule is COc1cc(/C=C2\SC(Nc3ccccc3)N([C@@H]3CCCC[C@H]3C)C2=O)ccc1OC(C)C. The number of carbonyl (C=O) groups is 1. The maximum atomic E-state index is 13.7. The molecule has 2 aromatic rings. The van der Waals surface area contributed by atoms with Gasteiger partial charge in [-0.1, -0.05) is 55.8 Å². The molecule has 1 aliphatic carbocycles. The molecule has 0 aromatic heterocycles. The van der Waals surface area contributed by atoms with Crippen LogP contribution in [0.15, 0.2) is 53.4 Å². The average molecular weight is 467 g/mol. The van der Waals surface area contributed by atoms with Crippen LogP contribution in [0.3, 0.4) is 0 Å². The largest absolute Gasteiger partial charge is 0.493 e. The Hall–Kier alpha value is -2.60. The average Bonchev–Trinajstić information content (AvgIpc) is 3.10. The Morgan fingerprint density at radius 3 is 2.55 bits per heavy atom. The topological polar surface area (TPSA) is 50.8 Å². The number of hydrogen-bond donors (Lipinski definition) is 1. The van der Waals surface area contributed by atoms with Gasteiger partial charge in [0.25, 0.3) is 5.91 Å². The first-order chi connectivity index (χ1) is 16.0. The number of hydrogen-bond acceptors (Lipinski definition) is 5. The Balaban J connectivity index is 1.63. The van der Waals surface area contributed by atoms with Gasteiger partial charge in [0.15, 0.2) is 17.0 Å². The van der Waals surface area contributed by atoms with Crippen LogP contribution in [0.25, 0.3) is 6.08 Å². The molecule has 0 spiro atoms. The van der Waals surface area contributed by atoms with Crippen molar-refractivity contribution < 1.29 is 14.3 Å². The van der Waals surface area contributed by atoms with Crippen molar-refractivity contribution in [2.24, 2.45) is 5.92 Å². The summed E-state index contributed by atoms with van der Waals surface area (Å²) in [5, 5.41) is 3.59. The molecule has 0 bridgehead atoms. The predicted octanol–water partition coefficient (Wildman–Crippen LogP) is 6.37. The van der Waals surface area contributed by atoms with Crippen LogP contribution in [0, 0.1) is 5.92 Å². The summed E-state index contributed by atoms with van der Waals surface area (Å²) in [5.41, 5.74) is 1.83. The van der Waals surface area contributed by atoms with Gasteiger partial charge in [-0.25, -0.2) is 0 Å². The molecular formula is C27H34N2O3S. The third-order valence-electron chi connectivity index (χ3n) is 6.27. The lowest BCUT2D eigenvalue weighted by molar-refractivity contribution is -0.129. The molecule has 1 unspecified atom stereocenters. The monoisotopic (exact) mass is 466 g/mol. The summed E-state index contributed by atoms with van der Waals surface area (Å²) in [6.45, 7) is 6.26. The van der Waals surface area contributed by atoms with Gasteiger partial charge in [0.05, 0.1) is 18.1 Å². The molecule has 1 saturated carbocycles. The van der Waals surface area contributed by atoms with Crippen LogP contribution in [0.2, 0.25) is 0 Å². The smallest absolute Gasteiger partial charge is 0.262 e. The fourth-order valence-electron chi connectivity index (χ4n) is 4.64. The molecule has 1 heterocycles.